The lowest BCUT2D eigenvalue weighted by atomic mass is 10.1. The van der Waals surface area contributed by atoms with Gasteiger partial charge in [-0.3, -0.25) is 4.79 Å². The largest absolute Gasteiger partial charge is 0.497 e. The minimum absolute atomic E-state index is 0.0640. The number of benzene rings is 2. The minimum atomic E-state index is -0.413. The number of rotatable bonds is 7. The molecule has 1 aromatic heterocycles. The van der Waals surface area contributed by atoms with Gasteiger partial charge < -0.3 is 24.4 Å². The van der Waals surface area contributed by atoms with Gasteiger partial charge in [0, 0.05) is 54.6 Å². The van der Waals surface area contributed by atoms with E-state index >= 15 is 0 Å². The first-order valence-corrected chi connectivity index (χ1v) is 12.7. The van der Waals surface area contributed by atoms with Crippen LogP contribution in [-0.4, -0.2) is 55.2 Å². The summed E-state index contributed by atoms with van der Waals surface area (Å²) < 4.78 is 7.36. The first-order chi connectivity index (χ1) is 17.8. The number of nitrogens with zero attached hydrogens (tertiary/aromatic N) is 4. The maximum atomic E-state index is 13.1. The van der Waals surface area contributed by atoms with E-state index in [1.807, 2.05) is 63.2 Å². The molecular weight excluding hydrogens is 462 g/mol. The summed E-state index contributed by atoms with van der Waals surface area (Å²) in [7, 11) is 1.64. The number of likely N-dealkylation sites (N-methyl/N-ethyl adjacent to an activating group) is 1. The van der Waals surface area contributed by atoms with Gasteiger partial charge in [-0.1, -0.05) is 6.92 Å². The number of methoxy groups -OCH3 is 1. The molecule has 0 bridgehead atoms. The zero-order valence-corrected chi connectivity index (χ0v) is 22.3. The summed E-state index contributed by atoms with van der Waals surface area (Å²) in [6.45, 7) is 13.4. The van der Waals surface area contributed by atoms with Crippen LogP contribution in [0.3, 0.4) is 0 Å². The second-order valence-corrected chi connectivity index (χ2v) is 9.40. The molecule has 1 fully saturated rings. The number of ether oxygens (including phenoxy) is 1. The Kier molecular flexibility index (Phi) is 8.00. The maximum Gasteiger partial charge on any atom is 0.266 e. The molecule has 1 aliphatic rings. The number of hydrogen-bond acceptors (Lipinski definition) is 5. The number of nitriles is 1. The molecule has 2 heterocycles. The van der Waals surface area contributed by atoms with Crippen LogP contribution in [0.1, 0.15) is 29.4 Å². The predicted molar refractivity (Wildman–Crippen MR) is 150 cm³/mol. The molecule has 0 atom stereocenters. The second kappa shape index (κ2) is 11.4. The lowest BCUT2D eigenvalue weighted by Gasteiger charge is -2.35. The number of carbonyl (C=O) groups excluding carboxylic acids is 1. The number of hydrogen-bond donors (Lipinski definition) is 1. The predicted octanol–water partition coefficient (Wildman–Crippen LogP) is 5.10. The van der Waals surface area contributed by atoms with Crippen LogP contribution in [0.5, 0.6) is 5.75 Å². The highest BCUT2D eigenvalue weighted by Crippen LogP contribution is 2.26. The van der Waals surface area contributed by atoms with Crippen LogP contribution in [0.15, 0.2) is 54.1 Å². The Bertz CT molecular complexity index is 1340. The van der Waals surface area contributed by atoms with Crippen LogP contribution in [-0.2, 0) is 4.79 Å². The number of carbonyl (C=O) groups is 1. The van der Waals surface area contributed by atoms with Crippen LogP contribution >= 0.6 is 0 Å². The molecule has 1 aliphatic heterocycles. The number of amides is 1. The SMILES string of the molecule is CCN1CCN(c2ccc(NC(=O)C(C#N)=Cc3cc(C)n(-c4ccc(OC)cc4)c3C)c(C)c2)CC1. The zero-order chi connectivity index (χ0) is 26.5. The fraction of sp³-hybridized carbons (Fsp3) is 0.333. The smallest absolute Gasteiger partial charge is 0.266 e. The standard InChI is InChI=1S/C30H35N5O2/c1-6-33-13-15-34(16-14-33)27-9-12-29(21(2)17-27)32-30(36)25(20-31)19-24-18-22(3)35(23(24)4)26-7-10-28(37-5)11-8-26/h7-12,17-19H,6,13-16H2,1-5H3,(H,32,36). The summed E-state index contributed by atoms with van der Waals surface area (Å²) in [5.74, 6) is 0.376. The third-order valence-electron chi connectivity index (χ3n) is 7.11. The minimum Gasteiger partial charge on any atom is -0.497 e. The number of anilines is 2. The molecule has 7 heteroatoms. The monoisotopic (exact) mass is 497 g/mol. The Morgan fingerprint density at radius 2 is 1.70 bits per heavy atom. The molecule has 7 nitrogen and oxygen atoms in total. The normalized spacial score (nSPS) is 14.4. The average molecular weight is 498 g/mol. The third-order valence-corrected chi connectivity index (χ3v) is 7.11. The van der Waals surface area contributed by atoms with E-state index in [4.69, 9.17) is 4.74 Å². The van der Waals surface area contributed by atoms with E-state index in [2.05, 4.69) is 38.7 Å². The summed E-state index contributed by atoms with van der Waals surface area (Å²) >= 11 is 0. The lowest BCUT2D eigenvalue weighted by Crippen LogP contribution is -2.46. The van der Waals surface area contributed by atoms with Gasteiger partial charge in [0.1, 0.15) is 17.4 Å². The molecule has 0 unspecified atom stereocenters. The fourth-order valence-corrected chi connectivity index (χ4v) is 4.86. The molecule has 192 valence electrons. The van der Waals surface area contributed by atoms with E-state index in [0.29, 0.717) is 5.69 Å². The number of aromatic nitrogens is 1. The highest BCUT2D eigenvalue weighted by Gasteiger charge is 2.18. The van der Waals surface area contributed by atoms with Gasteiger partial charge in [-0.05, 0) is 93.0 Å². The van der Waals surface area contributed by atoms with E-state index in [-0.39, 0.29) is 5.57 Å². The molecule has 0 radical (unpaired) electrons. The Morgan fingerprint density at radius 3 is 2.30 bits per heavy atom. The Morgan fingerprint density at radius 1 is 1.03 bits per heavy atom. The molecule has 2 aromatic carbocycles. The van der Waals surface area contributed by atoms with E-state index in [0.717, 1.165) is 72.4 Å². The number of nitrogens with one attached hydrogen (secondary N) is 1. The van der Waals surface area contributed by atoms with Crippen molar-refractivity contribution in [3.63, 3.8) is 0 Å². The molecular formula is C30H35N5O2. The van der Waals surface area contributed by atoms with Gasteiger partial charge in [0.15, 0.2) is 0 Å². The maximum absolute atomic E-state index is 13.1. The van der Waals surface area contributed by atoms with Crippen molar-refractivity contribution in [2.24, 2.45) is 0 Å². The van der Waals surface area contributed by atoms with Gasteiger partial charge in [-0.25, -0.2) is 0 Å². The molecule has 4 rings (SSSR count). The molecule has 1 amide bonds. The van der Waals surface area contributed by atoms with E-state index in [1.165, 1.54) is 0 Å². The van der Waals surface area contributed by atoms with Gasteiger partial charge >= 0.3 is 0 Å². The summed E-state index contributed by atoms with van der Waals surface area (Å²) in [4.78, 5) is 17.9. The fourth-order valence-electron chi connectivity index (χ4n) is 4.86. The van der Waals surface area contributed by atoms with Crippen molar-refractivity contribution < 1.29 is 9.53 Å². The summed E-state index contributed by atoms with van der Waals surface area (Å²) in [5.41, 5.74) is 6.69. The zero-order valence-electron chi connectivity index (χ0n) is 22.3. The molecule has 0 saturated carbocycles. The third kappa shape index (κ3) is 5.71. The van der Waals surface area contributed by atoms with Gasteiger partial charge in [0.2, 0.25) is 0 Å². The summed E-state index contributed by atoms with van der Waals surface area (Å²) in [5, 5.41) is 12.7. The topological polar surface area (TPSA) is 73.5 Å². The van der Waals surface area contributed by atoms with Crippen LogP contribution in [0, 0.1) is 32.1 Å². The number of piperazine rings is 1. The lowest BCUT2D eigenvalue weighted by molar-refractivity contribution is -0.112. The molecule has 1 saturated heterocycles. The Hall–Kier alpha value is -4.02. The van der Waals surface area contributed by atoms with Gasteiger partial charge in [0.25, 0.3) is 5.91 Å². The van der Waals surface area contributed by atoms with Crippen molar-refractivity contribution in [2.45, 2.75) is 27.7 Å². The van der Waals surface area contributed by atoms with Crippen LogP contribution < -0.4 is 15.0 Å². The first kappa shape index (κ1) is 26.1. The molecule has 3 aromatic rings. The molecule has 37 heavy (non-hydrogen) atoms. The van der Waals surface area contributed by atoms with Crippen LogP contribution in [0.2, 0.25) is 0 Å². The van der Waals surface area contributed by atoms with Crippen LogP contribution in [0.4, 0.5) is 11.4 Å². The summed E-state index contributed by atoms with van der Waals surface area (Å²) in [6, 6.07) is 18.0. The number of aryl methyl sites for hydroxylation is 2. The van der Waals surface area contributed by atoms with Crippen molar-refractivity contribution in [1.29, 1.82) is 5.26 Å². The second-order valence-electron chi connectivity index (χ2n) is 9.40. The van der Waals surface area contributed by atoms with Crippen molar-refractivity contribution >= 4 is 23.4 Å². The Balaban J connectivity index is 1.51. The highest BCUT2D eigenvalue weighted by molar-refractivity contribution is 6.10. The van der Waals surface area contributed by atoms with E-state index < -0.39 is 5.91 Å². The molecule has 0 spiro atoms. The van der Waals surface area contributed by atoms with Gasteiger partial charge in [-0.15, -0.1) is 0 Å². The highest BCUT2D eigenvalue weighted by atomic mass is 16.5. The average Bonchev–Trinajstić information content (AvgIpc) is 3.20. The van der Waals surface area contributed by atoms with E-state index in [1.54, 1.807) is 13.2 Å². The van der Waals surface area contributed by atoms with Gasteiger partial charge in [0.05, 0.1) is 7.11 Å². The summed E-state index contributed by atoms with van der Waals surface area (Å²) in [6.07, 6.45) is 1.66. The van der Waals surface area contributed by atoms with Crippen molar-refractivity contribution in [3.05, 3.63) is 76.6 Å². The van der Waals surface area contributed by atoms with Crippen LogP contribution in [0.25, 0.3) is 11.8 Å². The van der Waals surface area contributed by atoms with Crippen molar-refractivity contribution in [3.8, 4) is 17.5 Å². The Labute approximate surface area is 219 Å². The van der Waals surface area contributed by atoms with Crippen molar-refractivity contribution in [2.75, 3.05) is 50.1 Å². The quantitative estimate of drug-likeness (QED) is 0.363. The van der Waals surface area contributed by atoms with Gasteiger partial charge in [-0.2, -0.15) is 5.26 Å². The first-order valence-electron chi connectivity index (χ1n) is 12.7. The van der Waals surface area contributed by atoms with Crippen molar-refractivity contribution in [1.82, 2.24) is 9.47 Å². The van der Waals surface area contributed by atoms with E-state index in [9.17, 15) is 10.1 Å². The molecule has 0 aliphatic carbocycles. The molecule has 1 N–H and O–H groups in total.